The molecule has 0 unspecified atom stereocenters. The van der Waals surface area contributed by atoms with E-state index in [9.17, 15) is 18.0 Å². The van der Waals surface area contributed by atoms with Gasteiger partial charge in [-0.25, -0.2) is 13.4 Å². The first kappa shape index (κ1) is 23.8. The molecule has 3 aromatic rings. The number of sulfone groups is 1. The van der Waals surface area contributed by atoms with Gasteiger partial charge in [0.25, 0.3) is 5.56 Å². The van der Waals surface area contributed by atoms with Gasteiger partial charge in [0.05, 0.1) is 29.0 Å². The van der Waals surface area contributed by atoms with E-state index in [0.29, 0.717) is 5.75 Å². The second kappa shape index (κ2) is 10.2. The molecule has 168 valence electrons. The van der Waals surface area contributed by atoms with E-state index in [-0.39, 0.29) is 26.7 Å². The Hall–Kier alpha value is -2.82. The van der Waals surface area contributed by atoms with Gasteiger partial charge < -0.3 is 15.0 Å². The molecule has 1 heterocycles. The minimum Gasteiger partial charge on any atom is -0.495 e. The molecular weight excluding hydrogens is 474 g/mol. The van der Waals surface area contributed by atoms with Gasteiger partial charge in [0.1, 0.15) is 5.75 Å². The van der Waals surface area contributed by atoms with Gasteiger partial charge >= 0.3 is 0 Å². The van der Waals surface area contributed by atoms with E-state index in [1.807, 2.05) is 31.2 Å². The molecule has 8 nitrogen and oxygen atoms in total. The van der Waals surface area contributed by atoms with Crippen LogP contribution in [0.4, 0.5) is 5.69 Å². The molecule has 0 aliphatic heterocycles. The van der Waals surface area contributed by atoms with Crippen molar-refractivity contribution in [2.45, 2.75) is 28.3 Å². The molecule has 0 atom stereocenters. The zero-order chi connectivity index (χ0) is 23.3. The van der Waals surface area contributed by atoms with Crippen molar-refractivity contribution in [1.29, 1.82) is 0 Å². The van der Waals surface area contributed by atoms with Crippen LogP contribution in [0.2, 0.25) is 5.02 Å². The van der Waals surface area contributed by atoms with E-state index in [4.69, 9.17) is 16.3 Å². The highest BCUT2D eigenvalue weighted by atomic mass is 35.5. The van der Waals surface area contributed by atoms with E-state index in [2.05, 4.69) is 15.3 Å². The van der Waals surface area contributed by atoms with Crippen molar-refractivity contribution in [1.82, 2.24) is 9.97 Å². The molecule has 0 saturated heterocycles. The number of nitrogens with zero attached hydrogens (tertiary/aromatic N) is 1. The van der Waals surface area contributed by atoms with Crippen LogP contribution < -0.4 is 15.6 Å². The van der Waals surface area contributed by atoms with E-state index in [1.54, 1.807) is 0 Å². The highest BCUT2D eigenvalue weighted by Gasteiger charge is 2.23. The minimum absolute atomic E-state index is 0.0127. The van der Waals surface area contributed by atoms with Gasteiger partial charge in [-0.05, 0) is 36.2 Å². The van der Waals surface area contributed by atoms with Gasteiger partial charge in [0.15, 0.2) is 10.1 Å². The highest BCUT2D eigenvalue weighted by molar-refractivity contribution is 7.99. The highest BCUT2D eigenvalue weighted by Crippen LogP contribution is 2.29. The first-order chi connectivity index (χ1) is 15.3. The van der Waals surface area contributed by atoms with Crippen molar-refractivity contribution in [2.24, 2.45) is 0 Å². The quantitative estimate of drug-likeness (QED) is 0.364. The number of benzene rings is 2. The summed E-state index contributed by atoms with van der Waals surface area (Å²) in [4.78, 5) is 30.4. The summed E-state index contributed by atoms with van der Waals surface area (Å²) in [6, 6.07) is 11.4. The standard InChI is InChI=1S/C21H20ClN3O5S2/c1-3-13-6-4-5-7-16(13)24-19(26)12-31-21-23-11-18(20(27)25-21)32(28,29)14-8-9-17(30-2)15(22)10-14/h4-11H,3,12H2,1-2H3,(H,24,26)(H,23,25,27). The molecule has 0 spiro atoms. The van der Waals surface area contributed by atoms with Crippen LogP contribution in [0.3, 0.4) is 0 Å². The lowest BCUT2D eigenvalue weighted by molar-refractivity contribution is -0.113. The lowest BCUT2D eigenvalue weighted by Gasteiger charge is -2.09. The third kappa shape index (κ3) is 5.32. The monoisotopic (exact) mass is 493 g/mol. The number of hydrogen-bond acceptors (Lipinski definition) is 7. The molecule has 1 amide bonds. The third-order valence-electron chi connectivity index (χ3n) is 4.48. The predicted molar refractivity (Wildman–Crippen MR) is 123 cm³/mol. The van der Waals surface area contributed by atoms with Crippen LogP contribution in [0.25, 0.3) is 0 Å². The fourth-order valence-corrected chi connectivity index (χ4v) is 5.06. The SMILES string of the molecule is CCc1ccccc1NC(=O)CSc1ncc(S(=O)(=O)c2ccc(OC)c(Cl)c2)c(=O)[nH]1. The summed E-state index contributed by atoms with van der Waals surface area (Å²) in [5, 5.41) is 3.04. The summed E-state index contributed by atoms with van der Waals surface area (Å²) >= 11 is 6.99. The normalized spacial score (nSPS) is 11.2. The molecule has 2 aromatic carbocycles. The summed E-state index contributed by atoms with van der Waals surface area (Å²) in [5.74, 6) is 0.0219. The Morgan fingerprint density at radius 2 is 2.00 bits per heavy atom. The first-order valence-corrected chi connectivity index (χ1v) is 12.3. The predicted octanol–water partition coefficient (Wildman–Crippen LogP) is 3.56. The minimum atomic E-state index is -4.15. The van der Waals surface area contributed by atoms with Crippen LogP contribution in [0, 0.1) is 0 Å². The maximum atomic E-state index is 12.8. The lowest BCUT2D eigenvalue weighted by atomic mass is 10.1. The first-order valence-electron chi connectivity index (χ1n) is 9.44. The van der Waals surface area contributed by atoms with E-state index in [0.717, 1.165) is 35.6 Å². The number of carbonyl (C=O) groups excluding carboxylic acids is 1. The van der Waals surface area contributed by atoms with Crippen LogP contribution in [-0.2, 0) is 21.1 Å². The summed E-state index contributed by atoms with van der Waals surface area (Å²) in [6.45, 7) is 1.99. The number of H-pyrrole nitrogens is 1. The van der Waals surface area contributed by atoms with Gasteiger partial charge in [-0.3, -0.25) is 9.59 Å². The van der Waals surface area contributed by atoms with Crippen LogP contribution >= 0.6 is 23.4 Å². The number of amides is 1. The van der Waals surface area contributed by atoms with Gasteiger partial charge in [0.2, 0.25) is 15.7 Å². The van der Waals surface area contributed by atoms with Crippen LogP contribution in [-0.4, -0.2) is 37.2 Å². The summed E-state index contributed by atoms with van der Waals surface area (Å²) in [6.07, 6.45) is 1.74. The smallest absolute Gasteiger partial charge is 0.270 e. The average molecular weight is 494 g/mol. The number of methoxy groups -OCH3 is 1. The molecule has 1 aromatic heterocycles. The summed E-state index contributed by atoms with van der Waals surface area (Å²) in [7, 11) is -2.74. The zero-order valence-corrected chi connectivity index (χ0v) is 19.6. The second-order valence-electron chi connectivity index (χ2n) is 6.53. The molecule has 3 rings (SSSR count). The fraction of sp³-hybridized carbons (Fsp3) is 0.190. The molecular formula is C21H20ClN3O5S2. The Kier molecular flexibility index (Phi) is 7.60. The Morgan fingerprint density at radius 3 is 2.66 bits per heavy atom. The van der Waals surface area contributed by atoms with Gasteiger partial charge in [-0.2, -0.15) is 0 Å². The molecule has 0 aliphatic rings. The third-order valence-corrected chi connectivity index (χ3v) is 7.41. The number of hydrogen-bond donors (Lipinski definition) is 2. The molecule has 0 saturated carbocycles. The molecule has 0 fully saturated rings. The molecule has 0 aliphatic carbocycles. The largest absolute Gasteiger partial charge is 0.495 e. The van der Waals surface area contributed by atoms with E-state index in [1.165, 1.54) is 25.3 Å². The topological polar surface area (TPSA) is 118 Å². The number of carbonyl (C=O) groups is 1. The number of anilines is 1. The lowest BCUT2D eigenvalue weighted by Crippen LogP contribution is -2.20. The van der Waals surface area contributed by atoms with Crippen LogP contribution in [0.15, 0.2) is 68.4 Å². The Balaban J connectivity index is 1.73. The van der Waals surface area contributed by atoms with Crippen molar-refractivity contribution in [3.63, 3.8) is 0 Å². The maximum Gasteiger partial charge on any atom is 0.270 e. The Labute approximate surface area is 194 Å². The summed E-state index contributed by atoms with van der Waals surface area (Å²) < 4.78 is 30.6. The van der Waals surface area contributed by atoms with E-state index >= 15 is 0 Å². The molecule has 0 radical (unpaired) electrons. The number of aryl methyl sites for hydroxylation is 1. The van der Waals surface area contributed by atoms with Crippen molar-refractivity contribution in [3.05, 3.63) is 69.6 Å². The fourth-order valence-electron chi connectivity index (χ4n) is 2.84. The molecule has 2 N–H and O–H groups in total. The number of nitrogens with one attached hydrogen (secondary N) is 2. The summed E-state index contributed by atoms with van der Waals surface area (Å²) in [5.41, 5.74) is 0.887. The number of rotatable bonds is 8. The molecule has 32 heavy (non-hydrogen) atoms. The zero-order valence-electron chi connectivity index (χ0n) is 17.2. The number of halogens is 1. The Bertz CT molecular complexity index is 1310. The number of thioether (sulfide) groups is 1. The Morgan fingerprint density at radius 1 is 1.25 bits per heavy atom. The molecule has 0 bridgehead atoms. The second-order valence-corrected chi connectivity index (χ2v) is 9.82. The molecule has 11 heteroatoms. The maximum absolute atomic E-state index is 12.8. The van der Waals surface area contributed by atoms with Gasteiger partial charge in [-0.15, -0.1) is 0 Å². The van der Waals surface area contributed by atoms with Crippen molar-refractivity contribution < 1.29 is 17.9 Å². The van der Waals surface area contributed by atoms with Gasteiger partial charge in [0, 0.05) is 5.69 Å². The van der Waals surface area contributed by atoms with Crippen LogP contribution in [0.1, 0.15) is 12.5 Å². The van der Waals surface area contributed by atoms with Crippen LogP contribution in [0.5, 0.6) is 5.75 Å². The van der Waals surface area contributed by atoms with E-state index < -0.39 is 20.3 Å². The van der Waals surface area contributed by atoms with Crippen molar-refractivity contribution >= 4 is 44.8 Å². The number of ether oxygens (including phenoxy) is 1. The van der Waals surface area contributed by atoms with Crippen molar-refractivity contribution in [3.8, 4) is 5.75 Å². The van der Waals surface area contributed by atoms with Gasteiger partial charge in [-0.1, -0.05) is 48.5 Å². The average Bonchev–Trinajstić information content (AvgIpc) is 2.77. The number of para-hydroxylation sites is 1. The number of aromatic nitrogens is 2. The number of aromatic amines is 1. The van der Waals surface area contributed by atoms with Crippen molar-refractivity contribution in [2.75, 3.05) is 18.2 Å².